The van der Waals surface area contributed by atoms with Crippen LogP contribution < -0.4 is 10.5 Å². The zero-order valence-electron chi connectivity index (χ0n) is 8.71. The lowest BCUT2D eigenvalue weighted by Gasteiger charge is -2.03. The highest BCUT2D eigenvalue weighted by molar-refractivity contribution is 5.26. The van der Waals surface area contributed by atoms with Crippen molar-refractivity contribution in [3.63, 3.8) is 0 Å². The van der Waals surface area contributed by atoms with Gasteiger partial charge in [-0.05, 0) is 18.2 Å². The molecule has 0 saturated heterocycles. The van der Waals surface area contributed by atoms with Crippen molar-refractivity contribution in [2.45, 2.75) is 6.42 Å². The highest BCUT2D eigenvalue weighted by Crippen LogP contribution is 2.04. The molecule has 0 radical (unpaired) electrons. The maximum Gasteiger partial charge on any atom is 0.318 e. The topological polar surface area (TPSA) is 73.9 Å². The molecule has 0 aromatic carbocycles. The number of hydrogen-bond acceptors (Lipinski definition) is 5. The highest BCUT2D eigenvalue weighted by atomic mass is 16.5. The van der Waals surface area contributed by atoms with Gasteiger partial charge < -0.3 is 10.5 Å². The fourth-order valence-electron chi connectivity index (χ4n) is 1.22. The molecule has 5 nitrogen and oxygen atoms in total. The van der Waals surface area contributed by atoms with Crippen molar-refractivity contribution >= 4 is 5.82 Å². The number of pyridine rings is 1. The Morgan fingerprint density at radius 1 is 1.12 bits per heavy atom. The van der Waals surface area contributed by atoms with Gasteiger partial charge in [-0.15, -0.1) is 0 Å². The summed E-state index contributed by atoms with van der Waals surface area (Å²) >= 11 is 0. The number of anilines is 1. The minimum absolute atomic E-state index is 0.302. The molecule has 0 bridgehead atoms. The van der Waals surface area contributed by atoms with E-state index in [1.807, 2.05) is 18.2 Å². The lowest BCUT2D eigenvalue weighted by Crippen LogP contribution is -2.05. The quantitative estimate of drug-likeness (QED) is 0.827. The van der Waals surface area contributed by atoms with Crippen LogP contribution >= 0.6 is 0 Å². The second kappa shape index (κ2) is 5.06. The number of ether oxygens (including phenoxy) is 1. The van der Waals surface area contributed by atoms with Gasteiger partial charge in [0.05, 0.1) is 6.61 Å². The van der Waals surface area contributed by atoms with Gasteiger partial charge in [0.15, 0.2) is 0 Å². The van der Waals surface area contributed by atoms with Gasteiger partial charge in [-0.1, -0.05) is 6.07 Å². The van der Waals surface area contributed by atoms with Crippen molar-refractivity contribution in [3.8, 4) is 6.01 Å². The van der Waals surface area contributed by atoms with Crippen LogP contribution in [-0.4, -0.2) is 21.6 Å². The van der Waals surface area contributed by atoms with E-state index in [-0.39, 0.29) is 0 Å². The van der Waals surface area contributed by atoms with E-state index in [2.05, 4.69) is 15.0 Å². The fourth-order valence-corrected chi connectivity index (χ4v) is 1.22. The van der Waals surface area contributed by atoms with E-state index in [1.54, 1.807) is 18.5 Å². The molecular formula is C11H12N4O. The smallest absolute Gasteiger partial charge is 0.318 e. The molecule has 0 atom stereocenters. The Morgan fingerprint density at radius 2 is 2.06 bits per heavy atom. The molecule has 2 heterocycles. The van der Waals surface area contributed by atoms with Crippen LogP contribution in [0.2, 0.25) is 0 Å². The predicted molar refractivity (Wildman–Crippen MR) is 59.9 cm³/mol. The first-order valence-corrected chi connectivity index (χ1v) is 4.96. The zero-order chi connectivity index (χ0) is 11.2. The van der Waals surface area contributed by atoms with Crippen molar-refractivity contribution in [1.82, 2.24) is 15.0 Å². The van der Waals surface area contributed by atoms with Gasteiger partial charge in [-0.2, -0.15) is 4.98 Å². The molecule has 0 aliphatic rings. The third-order valence-electron chi connectivity index (χ3n) is 1.97. The van der Waals surface area contributed by atoms with E-state index in [1.165, 1.54) is 0 Å². The van der Waals surface area contributed by atoms with Crippen LogP contribution in [0, 0.1) is 0 Å². The van der Waals surface area contributed by atoms with Crippen LogP contribution in [0.3, 0.4) is 0 Å². The third-order valence-corrected chi connectivity index (χ3v) is 1.97. The lowest BCUT2D eigenvalue weighted by molar-refractivity contribution is 0.295. The normalized spacial score (nSPS) is 10.0. The average molecular weight is 216 g/mol. The molecule has 0 unspecified atom stereocenters. The fraction of sp³-hybridized carbons (Fsp3) is 0.182. The van der Waals surface area contributed by atoms with Gasteiger partial charge in [-0.3, -0.25) is 4.98 Å². The molecule has 0 fully saturated rings. The molecule has 0 spiro atoms. The highest BCUT2D eigenvalue weighted by Gasteiger charge is 1.98. The van der Waals surface area contributed by atoms with E-state index in [0.29, 0.717) is 18.4 Å². The average Bonchev–Trinajstić information content (AvgIpc) is 2.30. The number of rotatable bonds is 4. The number of nitrogens with two attached hydrogens (primary N) is 1. The van der Waals surface area contributed by atoms with Gasteiger partial charge >= 0.3 is 6.01 Å². The zero-order valence-corrected chi connectivity index (χ0v) is 8.71. The van der Waals surface area contributed by atoms with Gasteiger partial charge in [0.25, 0.3) is 0 Å². The molecule has 2 rings (SSSR count). The second-order valence-electron chi connectivity index (χ2n) is 3.18. The minimum atomic E-state index is 0.302. The van der Waals surface area contributed by atoms with E-state index >= 15 is 0 Å². The van der Waals surface area contributed by atoms with Crippen molar-refractivity contribution in [1.29, 1.82) is 0 Å². The van der Waals surface area contributed by atoms with Crippen molar-refractivity contribution in [2.24, 2.45) is 0 Å². The number of nitrogens with zero attached hydrogens (tertiary/aromatic N) is 3. The SMILES string of the molecule is Nc1ccnc(OCCc2ccccn2)n1. The van der Waals surface area contributed by atoms with E-state index in [4.69, 9.17) is 10.5 Å². The first-order valence-electron chi connectivity index (χ1n) is 4.96. The summed E-state index contributed by atoms with van der Waals surface area (Å²) in [4.78, 5) is 12.0. The Labute approximate surface area is 93.3 Å². The van der Waals surface area contributed by atoms with Crippen LogP contribution in [0.5, 0.6) is 6.01 Å². The molecule has 16 heavy (non-hydrogen) atoms. The molecule has 2 aromatic rings. The molecular weight excluding hydrogens is 204 g/mol. The van der Waals surface area contributed by atoms with Crippen LogP contribution in [0.25, 0.3) is 0 Å². The molecule has 82 valence electrons. The summed E-state index contributed by atoms with van der Waals surface area (Å²) in [5.41, 5.74) is 6.48. The van der Waals surface area contributed by atoms with E-state index < -0.39 is 0 Å². The molecule has 0 amide bonds. The summed E-state index contributed by atoms with van der Waals surface area (Å²) in [7, 11) is 0. The maximum atomic E-state index is 5.50. The number of aromatic nitrogens is 3. The Balaban J connectivity index is 1.85. The molecule has 0 saturated carbocycles. The maximum absolute atomic E-state index is 5.50. The second-order valence-corrected chi connectivity index (χ2v) is 3.18. The summed E-state index contributed by atoms with van der Waals surface area (Å²) in [6.45, 7) is 0.487. The molecule has 0 aliphatic heterocycles. The van der Waals surface area contributed by atoms with Gasteiger partial charge in [0.1, 0.15) is 5.82 Å². The first-order chi connectivity index (χ1) is 7.84. The van der Waals surface area contributed by atoms with Crippen LogP contribution in [0.1, 0.15) is 5.69 Å². The Kier molecular flexibility index (Phi) is 3.28. The van der Waals surface area contributed by atoms with Crippen LogP contribution in [0.4, 0.5) is 5.82 Å². The van der Waals surface area contributed by atoms with Crippen molar-refractivity contribution in [2.75, 3.05) is 12.3 Å². The summed E-state index contributed by atoms with van der Waals surface area (Å²) in [5, 5.41) is 0. The molecule has 2 aromatic heterocycles. The minimum Gasteiger partial charge on any atom is -0.463 e. The first kappa shape index (κ1) is 10.4. The third kappa shape index (κ3) is 2.91. The van der Waals surface area contributed by atoms with E-state index in [0.717, 1.165) is 12.1 Å². The summed E-state index contributed by atoms with van der Waals surface area (Å²) < 4.78 is 5.35. The van der Waals surface area contributed by atoms with Gasteiger partial charge in [-0.25, -0.2) is 4.98 Å². The number of hydrogen-bond donors (Lipinski definition) is 1. The molecule has 2 N–H and O–H groups in total. The Bertz CT molecular complexity index is 447. The monoisotopic (exact) mass is 216 g/mol. The molecule has 0 aliphatic carbocycles. The summed E-state index contributed by atoms with van der Waals surface area (Å²) in [5.74, 6) is 0.405. The van der Waals surface area contributed by atoms with Gasteiger partial charge in [0.2, 0.25) is 0 Å². The lowest BCUT2D eigenvalue weighted by atomic mass is 10.3. The van der Waals surface area contributed by atoms with Crippen LogP contribution in [-0.2, 0) is 6.42 Å². The van der Waals surface area contributed by atoms with Crippen LogP contribution in [0.15, 0.2) is 36.7 Å². The Morgan fingerprint density at radius 3 is 2.81 bits per heavy atom. The summed E-state index contributed by atoms with van der Waals surface area (Å²) in [6.07, 6.45) is 4.05. The molecule has 5 heteroatoms. The van der Waals surface area contributed by atoms with Gasteiger partial charge in [0, 0.05) is 24.5 Å². The van der Waals surface area contributed by atoms with E-state index in [9.17, 15) is 0 Å². The standard InChI is InChI=1S/C11H12N4O/c12-10-4-7-14-11(15-10)16-8-5-9-3-1-2-6-13-9/h1-4,6-7H,5,8H2,(H2,12,14,15). The summed E-state index contributed by atoms with van der Waals surface area (Å²) in [6, 6.07) is 7.69. The Hall–Kier alpha value is -2.17. The van der Waals surface area contributed by atoms with Crippen molar-refractivity contribution in [3.05, 3.63) is 42.4 Å². The van der Waals surface area contributed by atoms with Crippen molar-refractivity contribution < 1.29 is 4.74 Å². The number of nitrogen functional groups attached to an aromatic ring is 1. The predicted octanol–water partition coefficient (Wildman–Crippen LogP) is 1.08. The largest absolute Gasteiger partial charge is 0.463 e.